The molecule has 0 atom stereocenters. The molecule has 0 bridgehead atoms. The number of benzene rings is 1. The zero-order valence-electron chi connectivity index (χ0n) is 16.8. The Labute approximate surface area is 170 Å². The van der Waals surface area contributed by atoms with Gasteiger partial charge in [-0.2, -0.15) is 4.31 Å². The van der Waals surface area contributed by atoms with Crippen LogP contribution in [0.25, 0.3) is 0 Å². The predicted octanol–water partition coefficient (Wildman–Crippen LogP) is 0.717. The standard InChI is InChI=1S/C16H26N2O4S.C2H2O4/c1-4-22-16-12-14(6-7-15(16)21-3)13-17-8-10-18(11-9-17)23(19,20)5-2;3-1(4)2(5)6/h6-7,12H,4-5,8-11,13H2,1-3H3;(H,3,4)(H,5,6). The third-order valence-electron chi connectivity index (χ3n) is 4.21. The summed E-state index contributed by atoms with van der Waals surface area (Å²) in [6.07, 6.45) is 0. The summed E-state index contributed by atoms with van der Waals surface area (Å²) in [4.78, 5) is 20.5. The molecule has 0 spiro atoms. The van der Waals surface area contributed by atoms with Gasteiger partial charge >= 0.3 is 11.9 Å². The van der Waals surface area contributed by atoms with Crippen LogP contribution < -0.4 is 9.47 Å². The molecule has 1 aromatic rings. The Bertz CT molecular complexity index is 777. The molecule has 0 unspecified atom stereocenters. The van der Waals surface area contributed by atoms with E-state index in [1.165, 1.54) is 0 Å². The van der Waals surface area contributed by atoms with Crippen molar-refractivity contribution in [2.24, 2.45) is 0 Å². The highest BCUT2D eigenvalue weighted by molar-refractivity contribution is 7.89. The van der Waals surface area contributed by atoms with Crippen LogP contribution in [0, 0.1) is 0 Å². The largest absolute Gasteiger partial charge is 0.493 e. The van der Waals surface area contributed by atoms with Crippen LogP contribution in [0.15, 0.2) is 18.2 Å². The quantitative estimate of drug-likeness (QED) is 0.598. The second-order valence-corrected chi connectivity index (χ2v) is 8.36. The highest BCUT2D eigenvalue weighted by atomic mass is 32.2. The van der Waals surface area contributed by atoms with Crippen LogP contribution in [0.5, 0.6) is 11.5 Å². The zero-order valence-corrected chi connectivity index (χ0v) is 17.6. The first-order chi connectivity index (χ1) is 13.6. The lowest BCUT2D eigenvalue weighted by atomic mass is 10.1. The smallest absolute Gasteiger partial charge is 0.414 e. The Morgan fingerprint density at radius 3 is 2.07 bits per heavy atom. The lowest BCUT2D eigenvalue weighted by molar-refractivity contribution is -0.159. The SMILES string of the molecule is CCOc1cc(CN2CCN(S(=O)(=O)CC)CC2)ccc1OC.O=C(O)C(=O)O. The molecule has 164 valence electrons. The molecule has 1 aliphatic heterocycles. The summed E-state index contributed by atoms with van der Waals surface area (Å²) < 4.78 is 36.3. The summed E-state index contributed by atoms with van der Waals surface area (Å²) in [5.41, 5.74) is 1.14. The van der Waals surface area contributed by atoms with Gasteiger partial charge in [-0.3, -0.25) is 4.90 Å². The number of carboxylic acids is 2. The number of piperazine rings is 1. The summed E-state index contributed by atoms with van der Waals surface area (Å²) in [6, 6.07) is 5.94. The Morgan fingerprint density at radius 1 is 1.03 bits per heavy atom. The fraction of sp³-hybridized carbons (Fsp3) is 0.556. The normalized spacial score (nSPS) is 15.1. The molecule has 0 aromatic heterocycles. The van der Waals surface area contributed by atoms with Crippen molar-refractivity contribution in [2.45, 2.75) is 20.4 Å². The lowest BCUT2D eigenvalue weighted by Gasteiger charge is -2.33. The van der Waals surface area contributed by atoms with Crippen molar-refractivity contribution in [1.29, 1.82) is 0 Å². The van der Waals surface area contributed by atoms with Gasteiger partial charge in [-0.1, -0.05) is 6.07 Å². The molecule has 1 heterocycles. The van der Waals surface area contributed by atoms with Crippen LogP contribution in [0.4, 0.5) is 0 Å². The molecule has 10 nitrogen and oxygen atoms in total. The summed E-state index contributed by atoms with van der Waals surface area (Å²) in [5.74, 6) is -2.00. The number of aliphatic carboxylic acids is 2. The van der Waals surface area contributed by atoms with Gasteiger partial charge in [0, 0.05) is 32.7 Å². The number of carbonyl (C=O) groups is 2. The molecule has 29 heavy (non-hydrogen) atoms. The number of hydrogen-bond donors (Lipinski definition) is 2. The number of carboxylic acid groups (broad SMARTS) is 2. The minimum Gasteiger partial charge on any atom is -0.493 e. The van der Waals surface area contributed by atoms with Gasteiger partial charge in [0.2, 0.25) is 10.0 Å². The van der Waals surface area contributed by atoms with E-state index in [0.29, 0.717) is 19.7 Å². The highest BCUT2D eigenvalue weighted by Crippen LogP contribution is 2.28. The van der Waals surface area contributed by atoms with E-state index in [1.807, 2.05) is 25.1 Å². The molecule has 1 fully saturated rings. The molecule has 0 aliphatic carbocycles. The minimum absolute atomic E-state index is 0.170. The second kappa shape index (κ2) is 11.6. The van der Waals surface area contributed by atoms with E-state index in [0.717, 1.165) is 36.7 Å². The molecule has 1 aromatic carbocycles. The Hall–Kier alpha value is -2.37. The fourth-order valence-electron chi connectivity index (χ4n) is 2.69. The van der Waals surface area contributed by atoms with Crippen molar-refractivity contribution in [3.8, 4) is 11.5 Å². The van der Waals surface area contributed by atoms with Gasteiger partial charge < -0.3 is 19.7 Å². The number of hydrogen-bond acceptors (Lipinski definition) is 7. The minimum atomic E-state index is -3.07. The highest BCUT2D eigenvalue weighted by Gasteiger charge is 2.25. The second-order valence-electron chi connectivity index (χ2n) is 6.10. The van der Waals surface area contributed by atoms with Crippen LogP contribution in [0.2, 0.25) is 0 Å². The average Bonchev–Trinajstić information content (AvgIpc) is 2.69. The molecule has 2 N–H and O–H groups in total. The van der Waals surface area contributed by atoms with Crippen molar-refractivity contribution in [2.75, 3.05) is 45.6 Å². The van der Waals surface area contributed by atoms with E-state index in [2.05, 4.69) is 4.90 Å². The zero-order chi connectivity index (χ0) is 22.0. The topological polar surface area (TPSA) is 134 Å². The van der Waals surface area contributed by atoms with Gasteiger partial charge in [-0.15, -0.1) is 0 Å². The molecule has 1 saturated heterocycles. The third kappa shape index (κ3) is 7.87. The number of sulfonamides is 1. The maximum Gasteiger partial charge on any atom is 0.414 e. The fourth-order valence-corrected chi connectivity index (χ4v) is 3.78. The van der Waals surface area contributed by atoms with E-state index < -0.39 is 22.0 Å². The summed E-state index contributed by atoms with van der Waals surface area (Å²) >= 11 is 0. The van der Waals surface area contributed by atoms with Crippen molar-refractivity contribution < 1.29 is 37.7 Å². The van der Waals surface area contributed by atoms with Crippen LogP contribution in [-0.2, 0) is 26.2 Å². The van der Waals surface area contributed by atoms with Crippen LogP contribution >= 0.6 is 0 Å². The van der Waals surface area contributed by atoms with Gasteiger partial charge in [0.1, 0.15) is 0 Å². The Morgan fingerprint density at radius 2 is 1.62 bits per heavy atom. The van der Waals surface area contributed by atoms with E-state index in [1.54, 1.807) is 18.3 Å². The van der Waals surface area contributed by atoms with E-state index in [-0.39, 0.29) is 5.75 Å². The summed E-state index contributed by atoms with van der Waals surface area (Å²) in [6.45, 7) is 7.62. The Balaban J connectivity index is 0.000000612. The van der Waals surface area contributed by atoms with E-state index in [9.17, 15) is 8.42 Å². The number of ether oxygens (including phenoxy) is 2. The monoisotopic (exact) mass is 432 g/mol. The van der Waals surface area contributed by atoms with Gasteiger partial charge in [-0.05, 0) is 31.5 Å². The molecule has 0 amide bonds. The first-order valence-corrected chi connectivity index (χ1v) is 10.7. The molecular weight excluding hydrogens is 404 g/mol. The van der Waals surface area contributed by atoms with Gasteiger partial charge in [-0.25, -0.2) is 18.0 Å². The molecular formula is C18H28N2O8S. The van der Waals surface area contributed by atoms with E-state index in [4.69, 9.17) is 29.3 Å². The molecule has 1 aliphatic rings. The van der Waals surface area contributed by atoms with Crippen molar-refractivity contribution in [1.82, 2.24) is 9.21 Å². The van der Waals surface area contributed by atoms with Crippen molar-refractivity contribution in [3.63, 3.8) is 0 Å². The maximum atomic E-state index is 11.9. The predicted molar refractivity (Wildman–Crippen MR) is 106 cm³/mol. The molecule has 2 rings (SSSR count). The van der Waals surface area contributed by atoms with E-state index >= 15 is 0 Å². The Kier molecular flexibility index (Phi) is 9.86. The van der Waals surface area contributed by atoms with Crippen LogP contribution in [0.1, 0.15) is 19.4 Å². The first-order valence-electron chi connectivity index (χ1n) is 9.10. The third-order valence-corrected chi connectivity index (χ3v) is 6.09. The van der Waals surface area contributed by atoms with Gasteiger partial charge in [0.25, 0.3) is 0 Å². The maximum absolute atomic E-state index is 11.9. The number of methoxy groups -OCH3 is 1. The number of rotatable bonds is 7. The van der Waals surface area contributed by atoms with Gasteiger partial charge in [0.05, 0.1) is 19.5 Å². The van der Waals surface area contributed by atoms with Crippen molar-refractivity contribution in [3.05, 3.63) is 23.8 Å². The van der Waals surface area contributed by atoms with Gasteiger partial charge in [0.15, 0.2) is 11.5 Å². The number of nitrogens with zero attached hydrogens (tertiary/aromatic N) is 2. The summed E-state index contributed by atoms with van der Waals surface area (Å²) in [5, 5.41) is 14.8. The van der Waals surface area contributed by atoms with Crippen molar-refractivity contribution >= 4 is 22.0 Å². The summed E-state index contributed by atoms with van der Waals surface area (Å²) in [7, 11) is -1.44. The van der Waals surface area contributed by atoms with Crippen LogP contribution in [0.3, 0.4) is 0 Å². The van der Waals surface area contributed by atoms with Crippen LogP contribution in [-0.4, -0.2) is 85.4 Å². The molecule has 0 saturated carbocycles. The first kappa shape index (κ1) is 24.7. The average molecular weight is 432 g/mol. The molecule has 0 radical (unpaired) electrons. The lowest BCUT2D eigenvalue weighted by Crippen LogP contribution is -2.48. The molecule has 11 heteroatoms.